The summed E-state index contributed by atoms with van der Waals surface area (Å²) in [7, 11) is 3.26. The number of ether oxygens (including phenoxy) is 3. The van der Waals surface area contributed by atoms with E-state index in [4.69, 9.17) is 14.2 Å². The molecule has 0 aliphatic rings. The molecule has 5 nitrogen and oxygen atoms in total. The van der Waals surface area contributed by atoms with Gasteiger partial charge in [-0.1, -0.05) is 32.8 Å². The molecule has 2 unspecified atom stereocenters. The molecule has 0 saturated carbocycles. The summed E-state index contributed by atoms with van der Waals surface area (Å²) in [6, 6.07) is 5.64. The Labute approximate surface area is 144 Å². The summed E-state index contributed by atoms with van der Waals surface area (Å²) in [5.74, 6) is 0.317. The van der Waals surface area contributed by atoms with Crippen molar-refractivity contribution in [1.29, 1.82) is 0 Å². The summed E-state index contributed by atoms with van der Waals surface area (Å²) in [5.41, 5.74) is 0.952. The van der Waals surface area contributed by atoms with Gasteiger partial charge in [0.2, 0.25) is 0 Å². The fourth-order valence-electron chi connectivity index (χ4n) is 2.79. The molecule has 0 aliphatic carbocycles. The van der Waals surface area contributed by atoms with Crippen LogP contribution in [-0.4, -0.2) is 38.5 Å². The maximum atomic E-state index is 11.6. The van der Waals surface area contributed by atoms with Gasteiger partial charge in [-0.25, -0.2) is 0 Å². The molecule has 0 amide bonds. The molecule has 1 rings (SSSR count). The van der Waals surface area contributed by atoms with Gasteiger partial charge < -0.3 is 19.3 Å². The van der Waals surface area contributed by atoms with Crippen LogP contribution < -0.4 is 9.47 Å². The molecule has 2 atom stereocenters. The SMILES string of the molecule is CCCC(C)C(Cc1ccc(OC)c(OCCCOC)c1)C(=O)O. The van der Waals surface area contributed by atoms with Crippen molar-refractivity contribution in [2.75, 3.05) is 27.4 Å². The van der Waals surface area contributed by atoms with Crippen molar-refractivity contribution in [2.24, 2.45) is 11.8 Å². The van der Waals surface area contributed by atoms with E-state index in [2.05, 4.69) is 6.92 Å². The van der Waals surface area contributed by atoms with Crippen LogP contribution in [0.3, 0.4) is 0 Å². The zero-order chi connectivity index (χ0) is 17.9. The second-order valence-electron chi connectivity index (χ2n) is 6.09. The number of rotatable bonds is 12. The maximum absolute atomic E-state index is 11.6. The Hall–Kier alpha value is -1.75. The molecule has 0 radical (unpaired) electrons. The van der Waals surface area contributed by atoms with Crippen LogP contribution in [0.4, 0.5) is 0 Å². The van der Waals surface area contributed by atoms with Crippen LogP contribution in [0.1, 0.15) is 38.7 Å². The van der Waals surface area contributed by atoms with E-state index < -0.39 is 5.97 Å². The third-order valence-corrected chi connectivity index (χ3v) is 4.18. The zero-order valence-corrected chi connectivity index (χ0v) is 15.2. The van der Waals surface area contributed by atoms with Crippen molar-refractivity contribution in [3.8, 4) is 11.5 Å². The smallest absolute Gasteiger partial charge is 0.307 e. The van der Waals surface area contributed by atoms with E-state index >= 15 is 0 Å². The lowest BCUT2D eigenvalue weighted by Crippen LogP contribution is -2.24. The molecule has 1 aromatic rings. The van der Waals surface area contributed by atoms with Gasteiger partial charge in [-0.15, -0.1) is 0 Å². The number of hydrogen-bond acceptors (Lipinski definition) is 4. The minimum Gasteiger partial charge on any atom is -0.493 e. The first-order valence-electron chi connectivity index (χ1n) is 8.54. The van der Waals surface area contributed by atoms with Crippen LogP contribution in [0.2, 0.25) is 0 Å². The molecular formula is C19H30O5. The lowest BCUT2D eigenvalue weighted by molar-refractivity contribution is -0.143. The molecule has 5 heteroatoms. The number of benzene rings is 1. The van der Waals surface area contributed by atoms with Crippen LogP contribution in [0.5, 0.6) is 11.5 Å². The quantitative estimate of drug-likeness (QED) is 0.587. The highest BCUT2D eigenvalue weighted by molar-refractivity contribution is 5.70. The van der Waals surface area contributed by atoms with Crippen molar-refractivity contribution in [1.82, 2.24) is 0 Å². The number of carbonyl (C=O) groups is 1. The molecule has 136 valence electrons. The third kappa shape index (κ3) is 6.40. The van der Waals surface area contributed by atoms with Crippen molar-refractivity contribution >= 4 is 5.97 Å². The van der Waals surface area contributed by atoms with Gasteiger partial charge >= 0.3 is 5.97 Å². The number of carboxylic acid groups (broad SMARTS) is 1. The first-order valence-corrected chi connectivity index (χ1v) is 8.54. The normalized spacial score (nSPS) is 13.3. The first-order chi connectivity index (χ1) is 11.5. The maximum Gasteiger partial charge on any atom is 0.307 e. The molecular weight excluding hydrogens is 308 g/mol. The van der Waals surface area contributed by atoms with Crippen molar-refractivity contribution < 1.29 is 24.1 Å². The molecule has 1 aromatic carbocycles. The summed E-state index contributed by atoms with van der Waals surface area (Å²) in [4.78, 5) is 11.6. The van der Waals surface area contributed by atoms with Crippen molar-refractivity contribution in [2.45, 2.75) is 39.5 Å². The highest BCUT2D eigenvalue weighted by atomic mass is 16.5. The van der Waals surface area contributed by atoms with Gasteiger partial charge in [0.25, 0.3) is 0 Å². The average Bonchev–Trinajstić information content (AvgIpc) is 2.56. The van der Waals surface area contributed by atoms with Crippen LogP contribution in [0.25, 0.3) is 0 Å². The Morgan fingerprint density at radius 2 is 1.96 bits per heavy atom. The summed E-state index contributed by atoms with van der Waals surface area (Å²) >= 11 is 0. The number of hydrogen-bond donors (Lipinski definition) is 1. The molecule has 0 aliphatic heterocycles. The average molecular weight is 338 g/mol. The summed E-state index contributed by atoms with van der Waals surface area (Å²) in [5, 5.41) is 9.53. The van der Waals surface area contributed by atoms with E-state index in [-0.39, 0.29) is 11.8 Å². The lowest BCUT2D eigenvalue weighted by Gasteiger charge is -2.20. The monoisotopic (exact) mass is 338 g/mol. The fraction of sp³-hybridized carbons (Fsp3) is 0.632. The van der Waals surface area contributed by atoms with Gasteiger partial charge in [-0.05, 0) is 30.0 Å². The van der Waals surface area contributed by atoms with Crippen LogP contribution in [-0.2, 0) is 16.0 Å². The van der Waals surface area contributed by atoms with Gasteiger partial charge in [0.05, 0.1) is 19.6 Å². The van der Waals surface area contributed by atoms with Gasteiger partial charge in [-0.3, -0.25) is 4.79 Å². The Bertz CT molecular complexity index is 501. The molecule has 0 saturated heterocycles. The summed E-state index contributed by atoms with van der Waals surface area (Å²) in [6.07, 6.45) is 3.18. The second-order valence-corrected chi connectivity index (χ2v) is 6.09. The Balaban J connectivity index is 2.84. The topological polar surface area (TPSA) is 65.0 Å². The standard InChI is InChI=1S/C19H30O5/c1-5-7-14(2)16(19(20)21)12-15-8-9-17(23-4)18(13-15)24-11-6-10-22-3/h8-9,13-14,16H,5-7,10-12H2,1-4H3,(H,20,21). The second kappa shape index (κ2) is 10.9. The lowest BCUT2D eigenvalue weighted by atomic mass is 9.85. The van der Waals surface area contributed by atoms with E-state index in [1.807, 2.05) is 25.1 Å². The Morgan fingerprint density at radius 1 is 1.21 bits per heavy atom. The van der Waals surface area contributed by atoms with E-state index in [9.17, 15) is 9.90 Å². The first kappa shape index (κ1) is 20.3. The van der Waals surface area contributed by atoms with Crippen LogP contribution in [0.15, 0.2) is 18.2 Å². The molecule has 0 aromatic heterocycles. The van der Waals surface area contributed by atoms with Crippen LogP contribution >= 0.6 is 0 Å². The van der Waals surface area contributed by atoms with Crippen LogP contribution in [0, 0.1) is 11.8 Å². The fourth-order valence-corrected chi connectivity index (χ4v) is 2.79. The zero-order valence-electron chi connectivity index (χ0n) is 15.2. The molecule has 0 spiro atoms. The number of carboxylic acids is 1. The van der Waals surface area contributed by atoms with Crippen molar-refractivity contribution in [3.63, 3.8) is 0 Å². The molecule has 0 bridgehead atoms. The Morgan fingerprint density at radius 3 is 2.54 bits per heavy atom. The predicted molar refractivity (Wildman–Crippen MR) is 93.9 cm³/mol. The van der Waals surface area contributed by atoms with E-state index in [0.29, 0.717) is 31.1 Å². The van der Waals surface area contributed by atoms with Gasteiger partial charge in [-0.2, -0.15) is 0 Å². The van der Waals surface area contributed by atoms with Crippen molar-refractivity contribution in [3.05, 3.63) is 23.8 Å². The minimum atomic E-state index is -0.741. The van der Waals surface area contributed by atoms with E-state index in [0.717, 1.165) is 24.8 Å². The number of aliphatic carboxylic acids is 1. The molecule has 0 heterocycles. The van der Waals surface area contributed by atoms with E-state index in [1.165, 1.54) is 0 Å². The minimum absolute atomic E-state index is 0.140. The summed E-state index contributed by atoms with van der Waals surface area (Å²) in [6.45, 7) is 5.25. The van der Waals surface area contributed by atoms with Gasteiger partial charge in [0.1, 0.15) is 0 Å². The number of methoxy groups -OCH3 is 2. The largest absolute Gasteiger partial charge is 0.493 e. The highest BCUT2D eigenvalue weighted by Crippen LogP contribution is 2.30. The summed E-state index contributed by atoms with van der Waals surface area (Å²) < 4.78 is 16.1. The highest BCUT2D eigenvalue weighted by Gasteiger charge is 2.24. The molecule has 24 heavy (non-hydrogen) atoms. The molecule has 0 fully saturated rings. The third-order valence-electron chi connectivity index (χ3n) is 4.18. The predicted octanol–water partition coefficient (Wildman–Crippen LogP) is 3.79. The molecule has 1 N–H and O–H groups in total. The van der Waals surface area contributed by atoms with Gasteiger partial charge in [0.15, 0.2) is 11.5 Å². The Kier molecular flexibility index (Phi) is 9.23. The van der Waals surface area contributed by atoms with E-state index in [1.54, 1.807) is 14.2 Å². The van der Waals surface area contributed by atoms with Gasteiger partial charge in [0, 0.05) is 20.1 Å².